The predicted molar refractivity (Wildman–Crippen MR) is 93.1 cm³/mol. The van der Waals surface area contributed by atoms with Gasteiger partial charge >= 0.3 is 0 Å². The van der Waals surface area contributed by atoms with Gasteiger partial charge in [0.05, 0.1) is 11.8 Å². The van der Waals surface area contributed by atoms with Gasteiger partial charge in [-0.2, -0.15) is 14.6 Å². The highest BCUT2D eigenvalue weighted by Crippen LogP contribution is 2.26. The number of aromatic nitrogens is 4. The molecule has 1 aliphatic rings. The van der Waals surface area contributed by atoms with Gasteiger partial charge in [-0.15, -0.1) is 0 Å². The fourth-order valence-electron chi connectivity index (χ4n) is 3.30. The lowest BCUT2D eigenvalue weighted by Crippen LogP contribution is -2.40. The number of ether oxygens (including phenoxy) is 1. The van der Waals surface area contributed by atoms with Gasteiger partial charge in [-0.3, -0.25) is 0 Å². The lowest BCUT2D eigenvalue weighted by Gasteiger charge is -2.34. The minimum atomic E-state index is 0.274. The molecule has 4 rings (SSSR count). The largest absolute Gasteiger partial charge is 0.377 e. The predicted octanol–water partition coefficient (Wildman–Crippen LogP) is 2.80. The molecule has 1 saturated heterocycles. The quantitative estimate of drug-likeness (QED) is 0.739. The number of fused-ring (bicyclic) bond motifs is 1. The molecule has 6 nitrogen and oxygen atoms in total. The van der Waals surface area contributed by atoms with E-state index in [1.165, 1.54) is 0 Å². The maximum absolute atomic E-state index is 5.84. The average molecular weight is 323 g/mol. The molecule has 3 aromatic rings. The first kappa shape index (κ1) is 15.1. The molecule has 1 aromatic carbocycles. The van der Waals surface area contributed by atoms with E-state index in [4.69, 9.17) is 4.74 Å². The Hall–Kier alpha value is -2.47. The highest BCUT2D eigenvalue weighted by molar-refractivity contribution is 5.65. The van der Waals surface area contributed by atoms with E-state index in [1.54, 1.807) is 6.33 Å². The molecule has 1 unspecified atom stereocenters. The van der Waals surface area contributed by atoms with Gasteiger partial charge in [-0.1, -0.05) is 30.3 Å². The zero-order valence-corrected chi connectivity index (χ0v) is 13.8. The third-order valence-corrected chi connectivity index (χ3v) is 4.41. The Labute approximate surface area is 141 Å². The monoisotopic (exact) mass is 323 g/mol. The topological polar surface area (TPSA) is 55.5 Å². The Morgan fingerprint density at radius 2 is 2.12 bits per heavy atom. The smallest absolute Gasteiger partial charge is 0.254 e. The highest BCUT2D eigenvalue weighted by atomic mass is 16.5. The normalized spacial score (nSPS) is 18.2. The summed E-state index contributed by atoms with van der Waals surface area (Å²) in [7, 11) is 0. The second-order valence-electron chi connectivity index (χ2n) is 6.00. The molecule has 124 valence electrons. The van der Waals surface area contributed by atoms with Crippen LogP contribution in [0, 0.1) is 0 Å². The first-order valence-electron chi connectivity index (χ1n) is 8.48. The molecule has 0 radical (unpaired) electrons. The Morgan fingerprint density at radius 1 is 1.25 bits per heavy atom. The van der Waals surface area contributed by atoms with Crippen molar-refractivity contribution in [2.45, 2.75) is 25.9 Å². The van der Waals surface area contributed by atoms with Crippen molar-refractivity contribution in [2.24, 2.45) is 0 Å². The molecule has 0 aliphatic carbocycles. The number of hydrogen-bond acceptors (Lipinski definition) is 5. The van der Waals surface area contributed by atoms with Crippen molar-refractivity contribution in [3.05, 3.63) is 42.7 Å². The first-order chi connectivity index (χ1) is 11.8. The summed E-state index contributed by atoms with van der Waals surface area (Å²) < 4.78 is 7.66. The molecule has 2 aromatic heterocycles. The molecular formula is C18H21N5O. The number of rotatable bonds is 4. The number of anilines is 1. The van der Waals surface area contributed by atoms with Gasteiger partial charge in [0.2, 0.25) is 0 Å². The summed E-state index contributed by atoms with van der Waals surface area (Å²) >= 11 is 0. The standard InChI is InChI=1S/C18H21N5O/c1-2-24-15-9-6-10-22(12-15)17-11-16(14-7-4-3-5-8-14)21-18-19-13-20-23(17)18/h3-5,7-8,11,13,15H,2,6,9-10,12H2,1H3. The fraction of sp³-hybridized carbons (Fsp3) is 0.389. The Morgan fingerprint density at radius 3 is 2.96 bits per heavy atom. The number of nitrogens with zero attached hydrogens (tertiary/aromatic N) is 5. The maximum atomic E-state index is 5.84. The minimum absolute atomic E-state index is 0.274. The molecule has 6 heteroatoms. The van der Waals surface area contributed by atoms with Crippen molar-refractivity contribution < 1.29 is 4.74 Å². The molecule has 0 spiro atoms. The summed E-state index contributed by atoms with van der Waals surface area (Å²) in [5.74, 6) is 1.66. The van der Waals surface area contributed by atoms with E-state index < -0.39 is 0 Å². The van der Waals surface area contributed by atoms with Gasteiger partial charge in [-0.25, -0.2) is 4.98 Å². The molecule has 0 amide bonds. The average Bonchev–Trinajstić information content (AvgIpc) is 3.11. The van der Waals surface area contributed by atoms with Crippen LogP contribution in [0.4, 0.5) is 5.82 Å². The Kier molecular flexibility index (Phi) is 4.13. The highest BCUT2D eigenvalue weighted by Gasteiger charge is 2.23. The van der Waals surface area contributed by atoms with Crippen molar-refractivity contribution in [2.75, 3.05) is 24.6 Å². The Bertz CT molecular complexity index is 815. The number of benzene rings is 1. The van der Waals surface area contributed by atoms with Crippen LogP contribution in [0.1, 0.15) is 19.8 Å². The van der Waals surface area contributed by atoms with Crippen molar-refractivity contribution in [3.8, 4) is 11.3 Å². The summed E-state index contributed by atoms with van der Waals surface area (Å²) in [4.78, 5) is 11.3. The van der Waals surface area contributed by atoms with Gasteiger partial charge in [0.1, 0.15) is 12.1 Å². The van der Waals surface area contributed by atoms with Crippen molar-refractivity contribution in [1.82, 2.24) is 19.6 Å². The molecule has 0 N–H and O–H groups in total. The number of piperidine rings is 1. The molecule has 1 aliphatic heterocycles. The van der Waals surface area contributed by atoms with Crippen molar-refractivity contribution in [1.29, 1.82) is 0 Å². The summed E-state index contributed by atoms with van der Waals surface area (Å²) in [5.41, 5.74) is 2.01. The van der Waals surface area contributed by atoms with Crippen molar-refractivity contribution >= 4 is 11.6 Å². The minimum Gasteiger partial charge on any atom is -0.377 e. The third kappa shape index (κ3) is 2.85. The van der Waals surface area contributed by atoms with E-state index in [0.717, 1.165) is 49.6 Å². The van der Waals surface area contributed by atoms with Crippen LogP contribution in [0.3, 0.4) is 0 Å². The van der Waals surface area contributed by atoms with E-state index in [0.29, 0.717) is 5.78 Å². The third-order valence-electron chi connectivity index (χ3n) is 4.41. The van der Waals surface area contributed by atoms with E-state index in [2.05, 4.69) is 45.1 Å². The van der Waals surface area contributed by atoms with Gasteiger partial charge in [0.15, 0.2) is 0 Å². The first-order valence-corrected chi connectivity index (χ1v) is 8.48. The zero-order valence-electron chi connectivity index (χ0n) is 13.8. The molecule has 24 heavy (non-hydrogen) atoms. The van der Waals surface area contributed by atoms with Crippen LogP contribution >= 0.6 is 0 Å². The van der Waals surface area contributed by atoms with Crippen LogP contribution < -0.4 is 4.90 Å². The van der Waals surface area contributed by atoms with E-state index in [-0.39, 0.29) is 6.10 Å². The fourth-order valence-corrected chi connectivity index (χ4v) is 3.30. The molecule has 1 fully saturated rings. The molecule has 0 bridgehead atoms. The molecule has 0 saturated carbocycles. The lowest BCUT2D eigenvalue weighted by atomic mass is 10.1. The maximum Gasteiger partial charge on any atom is 0.254 e. The van der Waals surface area contributed by atoms with Crippen LogP contribution in [0.25, 0.3) is 17.0 Å². The van der Waals surface area contributed by atoms with Gasteiger partial charge in [-0.05, 0) is 19.8 Å². The van der Waals surface area contributed by atoms with E-state index >= 15 is 0 Å². The van der Waals surface area contributed by atoms with E-state index in [1.807, 2.05) is 22.7 Å². The summed E-state index contributed by atoms with van der Waals surface area (Å²) in [6.07, 6.45) is 4.06. The number of hydrogen-bond donors (Lipinski definition) is 0. The summed E-state index contributed by atoms with van der Waals surface area (Å²) in [6, 6.07) is 12.3. The summed E-state index contributed by atoms with van der Waals surface area (Å²) in [5, 5.41) is 4.36. The van der Waals surface area contributed by atoms with Crippen molar-refractivity contribution in [3.63, 3.8) is 0 Å². The molecular weight excluding hydrogens is 302 g/mol. The molecule has 1 atom stereocenters. The van der Waals surface area contributed by atoms with Crippen LogP contribution in [-0.4, -0.2) is 45.4 Å². The van der Waals surface area contributed by atoms with Crippen LogP contribution in [0.2, 0.25) is 0 Å². The Balaban J connectivity index is 1.75. The van der Waals surface area contributed by atoms with E-state index in [9.17, 15) is 0 Å². The van der Waals surface area contributed by atoms with Crippen LogP contribution in [-0.2, 0) is 4.74 Å². The summed E-state index contributed by atoms with van der Waals surface area (Å²) in [6.45, 7) is 4.68. The van der Waals surface area contributed by atoms with Gasteiger partial charge in [0, 0.05) is 31.3 Å². The second kappa shape index (κ2) is 6.57. The second-order valence-corrected chi connectivity index (χ2v) is 6.00. The lowest BCUT2D eigenvalue weighted by molar-refractivity contribution is 0.0524. The van der Waals surface area contributed by atoms with Gasteiger partial charge in [0.25, 0.3) is 5.78 Å². The zero-order chi connectivity index (χ0) is 16.4. The van der Waals surface area contributed by atoms with Gasteiger partial charge < -0.3 is 9.64 Å². The SMILES string of the molecule is CCOC1CCCN(c2cc(-c3ccccc3)nc3ncnn23)C1. The molecule has 3 heterocycles. The van der Waals surface area contributed by atoms with Crippen LogP contribution in [0.5, 0.6) is 0 Å². The van der Waals surface area contributed by atoms with Crippen LogP contribution in [0.15, 0.2) is 42.7 Å².